The molecule has 0 aromatic heterocycles. The minimum absolute atomic E-state index is 0.373. The highest BCUT2D eigenvalue weighted by Crippen LogP contribution is 2.11. The van der Waals surface area contributed by atoms with E-state index >= 15 is 0 Å². The summed E-state index contributed by atoms with van der Waals surface area (Å²) < 4.78 is 25.4. The third-order valence-corrected chi connectivity index (χ3v) is 4.95. The molecule has 108 valence electrons. The molecule has 0 amide bonds. The van der Waals surface area contributed by atoms with E-state index in [1.165, 1.54) is 4.31 Å². The maximum Gasteiger partial charge on any atom is 0.228 e. The molecule has 1 rings (SSSR count). The van der Waals surface area contributed by atoms with Crippen molar-refractivity contribution in [2.24, 2.45) is 0 Å². The van der Waals surface area contributed by atoms with Crippen molar-refractivity contribution in [1.82, 2.24) is 9.21 Å². The standard InChI is InChI=1S/C13H21ClN2O2S/c1-15(2)9-6-10-16(19(17,18)12-14)11-13-7-4-3-5-8-13/h3-5,7-8H,6,9-12H2,1-2H3. The van der Waals surface area contributed by atoms with Crippen LogP contribution in [0.25, 0.3) is 0 Å². The van der Waals surface area contributed by atoms with E-state index in [4.69, 9.17) is 11.6 Å². The zero-order valence-electron chi connectivity index (χ0n) is 11.4. The van der Waals surface area contributed by atoms with Gasteiger partial charge in [0, 0.05) is 13.1 Å². The predicted molar refractivity (Wildman–Crippen MR) is 79.7 cm³/mol. The van der Waals surface area contributed by atoms with Gasteiger partial charge in [0.2, 0.25) is 10.0 Å². The van der Waals surface area contributed by atoms with E-state index in [0.717, 1.165) is 18.5 Å². The van der Waals surface area contributed by atoms with Crippen LogP contribution in [0.15, 0.2) is 30.3 Å². The zero-order chi connectivity index (χ0) is 14.3. The second kappa shape index (κ2) is 7.85. The highest BCUT2D eigenvalue weighted by Gasteiger charge is 2.20. The topological polar surface area (TPSA) is 40.6 Å². The van der Waals surface area contributed by atoms with Gasteiger partial charge in [-0.3, -0.25) is 0 Å². The molecule has 1 aromatic carbocycles. The summed E-state index contributed by atoms with van der Waals surface area (Å²) in [5.41, 5.74) is 0.973. The van der Waals surface area contributed by atoms with E-state index in [9.17, 15) is 8.42 Å². The van der Waals surface area contributed by atoms with E-state index < -0.39 is 10.0 Å². The van der Waals surface area contributed by atoms with Crippen molar-refractivity contribution < 1.29 is 8.42 Å². The van der Waals surface area contributed by atoms with Gasteiger partial charge in [-0.1, -0.05) is 30.3 Å². The Balaban J connectivity index is 2.70. The first kappa shape index (κ1) is 16.4. The van der Waals surface area contributed by atoms with Gasteiger partial charge in [-0.15, -0.1) is 11.6 Å². The van der Waals surface area contributed by atoms with E-state index in [1.54, 1.807) is 0 Å². The molecule has 0 atom stereocenters. The van der Waals surface area contributed by atoms with Crippen molar-refractivity contribution in [2.75, 3.05) is 32.4 Å². The number of nitrogens with zero attached hydrogens (tertiary/aromatic N) is 2. The van der Waals surface area contributed by atoms with Gasteiger partial charge in [-0.2, -0.15) is 4.31 Å². The molecule has 0 unspecified atom stereocenters. The van der Waals surface area contributed by atoms with Crippen LogP contribution in [0.5, 0.6) is 0 Å². The minimum atomic E-state index is -3.38. The molecule has 19 heavy (non-hydrogen) atoms. The lowest BCUT2D eigenvalue weighted by molar-refractivity contribution is 0.347. The molecule has 0 N–H and O–H groups in total. The fourth-order valence-corrected chi connectivity index (χ4v) is 3.04. The zero-order valence-corrected chi connectivity index (χ0v) is 13.0. The van der Waals surface area contributed by atoms with Crippen LogP contribution in [-0.4, -0.2) is 50.0 Å². The molecule has 6 heteroatoms. The highest BCUT2D eigenvalue weighted by atomic mass is 35.5. The maximum atomic E-state index is 12.0. The van der Waals surface area contributed by atoms with Crippen LogP contribution in [0.4, 0.5) is 0 Å². The van der Waals surface area contributed by atoms with Gasteiger partial charge < -0.3 is 4.90 Å². The summed E-state index contributed by atoms with van der Waals surface area (Å²) in [7, 11) is 0.563. The van der Waals surface area contributed by atoms with Crippen molar-refractivity contribution in [3.63, 3.8) is 0 Å². The Labute approximate surface area is 121 Å². The molecule has 0 spiro atoms. The van der Waals surface area contributed by atoms with Crippen LogP contribution in [-0.2, 0) is 16.6 Å². The largest absolute Gasteiger partial charge is 0.309 e. The van der Waals surface area contributed by atoms with Crippen molar-refractivity contribution in [2.45, 2.75) is 13.0 Å². The molecular weight excluding hydrogens is 284 g/mol. The minimum Gasteiger partial charge on any atom is -0.309 e. The molecule has 0 heterocycles. The third-order valence-electron chi connectivity index (χ3n) is 2.75. The van der Waals surface area contributed by atoms with Crippen molar-refractivity contribution >= 4 is 21.6 Å². The van der Waals surface area contributed by atoms with Gasteiger partial charge in [0.25, 0.3) is 0 Å². The van der Waals surface area contributed by atoms with Crippen LogP contribution >= 0.6 is 11.6 Å². The van der Waals surface area contributed by atoms with E-state index in [-0.39, 0.29) is 5.21 Å². The molecule has 0 saturated heterocycles. The highest BCUT2D eigenvalue weighted by molar-refractivity contribution is 7.90. The molecular formula is C13H21ClN2O2S. The van der Waals surface area contributed by atoms with Gasteiger partial charge in [0.1, 0.15) is 5.21 Å². The third kappa shape index (κ3) is 5.91. The first-order chi connectivity index (χ1) is 8.95. The van der Waals surface area contributed by atoms with E-state index in [0.29, 0.717) is 13.1 Å². The first-order valence-corrected chi connectivity index (χ1v) is 8.32. The SMILES string of the molecule is CN(C)CCCN(Cc1ccccc1)S(=O)(=O)CCl. The number of benzene rings is 1. The number of hydrogen-bond donors (Lipinski definition) is 0. The first-order valence-electron chi connectivity index (χ1n) is 6.18. The van der Waals surface area contributed by atoms with Crippen molar-refractivity contribution in [1.29, 1.82) is 0 Å². The lowest BCUT2D eigenvalue weighted by Gasteiger charge is -2.22. The predicted octanol–water partition coefficient (Wildman–Crippen LogP) is 1.97. The molecule has 0 saturated carbocycles. The summed E-state index contributed by atoms with van der Waals surface area (Å²) in [5.74, 6) is 0. The summed E-state index contributed by atoms with van der Waals surface area (Å²) in [5, 5.41) is -0.373. The molecule has 4 nitrogen and oxygen atoms in total. The number of halogens is 1. The summed E-state index contributed by atoms with van der Waals surface area (Å²) in [6.45, 7) is 1.72. The molecule has 0 aliphatic carbocycles. The van der Waals surface area contributed by atoms with Gasteiger partial charge >= 0.3 is 0 Å². The summed E-state index contributed by atoms with van der Waals surface area (Å²) >= 11 is 5.56. The molecule has 0 bridgehead atoms. The fourth-order valence-electron chi connectivity index (χ4n) is 1.74. The van der Waals surface area contributed by atoms with Crippen LogP contribution in [0.3, 0.4) is 0 Å². The smallest absolute Gasteiger partial charge is 0.228 e. The average molecular weight is 305 g/mol. The molecule has 0 radical (unpaired) electrons. The fraction of sp³-hybridized carbons (Fsp3) is 0.538. The maximum absolute atomic E-state index is 12.0. The van der Waals surface area contributed by atoms with Gasteiger partial charge in [-0.05, 0) is 32.6 Å². The molecule has 0 aliphatic heterocycles. The molecule has 1 aromatic rings. The molecule has 0 fully saturated rings. The summed E-state index contributed by atoms with van der Waals surface area (Å²) in [6, 6.07) is 9.56. The van der Waals surface area contributed by atoms with Crippen molar-refractivity contribution in [3.05, 3.63) is 35.9 Å². The van der Waals surface area contributed by atoms with Crippen LogP contribution < -0.4 is 0 Å². The van der Waals surface area contributed by atoms with Crippen LogP contribution in [0.1, 0.15) is 12.0 Å². The van der Waals surface area contributed by atoms with Crippen LogP contribution in [0.2, 0.25) is 0 Å². The normalized spacial score (nSPS) is 12.3. The lowest BCUT2D eigenvalue weighted by Crippen LogP contribution is -2.33. The Kier molecular flexibility index (Phi) is 6.79. The van der Waals surface area contributed by atoms with Gasteiger partial charge in [0.05, 0.1) is 0 Å². The summed E-state index contributed by atoms with van der Waals surface area (Å²) in [6.07, 6.45) is 0.788. The Hall–Kier alpha value is -0.620. The van der Waals surface area contributed by atoms with Crippen molar-refractivity contribution in [3.8, 4) is 0 Å². The summed E-state index contributed by atoms with van der Waals surface area (Å²) in [4.78, 5) is 2.04. The second-order valence-corrected chi connectivity index (χ2v) is 7.25. The number of sulfonamides is 1. The average Bonchev–Trinajstić information content (AvgIpc) is 2.38. The van der Waals surface area contributed by atoms with Crippen LogP contribution in [0, 0.1) is 0 Å². The van der Waals surface area contributed by atoms with E-state index in [2.05, 4.69) is 0 Å². The Morgan fingerprint density at radius 3 is 2.26 bits per heavy atom. The number of rotatable bonds is 8. The number of hydrogen-bond acceptors (Lipinski definition) is 3. The van der Waals surface area contributed by atoms with Gasteiger partial charge in [-0.25, -0.2) is 8.42 Å². The molecule has 0 aliphatic rings. The Morgan fingerprint density at radius 2 is 1.74 bits per heavy atom. The second-order valence-electron chi connectivity index (χ2n) is 4.70. The Morgan fingerprint density at radius 1 is 1.11 bits per heavy atom. The van der Waals surface area contributed by atoms with E-state index in [1.807, 2.05) is 49.3 Å². The lowest BCUT2D eigenvalue weighted by atomic mass is 10.2. The van der Waals surface area contributed by atoms with Gasteiger partial charge in [0.15, 0.2) is 0 Å². The quantitative estimate of drug-likeness (QED) is 0.690. The monoisotopic (exact) mass is 304 g/mol. The number of alkyl halides is 1. The Bertz CT molecular complexity index is 463.